The first-order valence-electron chi connectivity index (χ1n) is 9.21. The zero-order chi connectivity index (χ0) is 20.1. The van der Waals surface area contributed by atoms with E-state index >= 15 is 0 Å². The van der Waals surface area contributed by atoms with E-state index in [2.05, 4.69) is 0 Å². The van der Waals surface area contributed by atoms with Crippen molar-refractivity contribution in [1.82, 2.24) is 4.90 Å². The van der Waals surface area contributed by atoms with Gasteiger partial charge in [0.05, 0.1) is 0 Å². The first kappa shape index (κ1) is 20.5. The minimum absolute atomic E-state index is 0.0339. The lowest BCUT2D eigenvalue weighted by molar-refractivity contribution is -0.123. The second-order valence-corrected chi connectivity index (χ2v) is 7.10. The number of carbonyl (C=O) groups is 2. The molecule has 0 spiro atoms. The first-order valence-corrected chi connectivity index (χ1v) is 9.21. The fraction of sp³-hybridized carbons (Fsp3) is 0.364. The zero-order valence-electron chi connectivity index (χ0n) is 16.6. The van der Waals surface area contributed by atoms with Crippen molar-refractivity contribution in [3.63, 3.8) is 0 Å². The number of nitrogens with two attached hydrogens (primary N) is 1. The number of hydrogen-bond donors (Lipinski definition) is 1. The van der Waals surface area contributed by atoms with Crippen LogP contribution in [0.4, 0.5) is 0 Å². The van der Waals surface area contributed by atoms with Crippen LogP contribution >= 0.6 is 0 Å². The van der Waals surface area contributed by atoms with Crippen molar-refractivity contribution in [2.45, 2.75) is 52.8 Å². The maximum atomic E-state index is 13.3. The van der Waals surface area contributed by atoms with Crippen LogP contribution in [0, 0.1) is 0 Å². The number of para-hydroxylation sites is 1. The summed E-state index contributed by atoms with van der Waals surface area (Å²) in [6.45, 7) is 9.63. The average Bonchev–Trinajstić information content (AvgIpc) is 2.61. The standard InChI is InChI=1S/C22H28N2O3/c1-14(2)24(15(3)4)22(26)19-12-7-6-10-17(19)18-11-8-9-13-20(18)27-16(5)21(23)25/h6-16H,1-5H3,(H2,23,25)/t16-/m1/s1. The Morgan fingerprint density at radius 1 is 0.852 bits per heavy atom. The van der Waals surface area contributed by atoms with Crippen LogP contribution in [0.2, 0.25) is 0 Å². The molecule has 0 fully saturated rings. The highest BCUT2D eigenvalue weighted by Crippen LogP contribution is 2.34. The van der Waals surface area contributed by atoms with E-state index in [9.17, 15) is 9.59 Å². The smallest absolute Gasteiger partial charge is 0.258 e. The molecule has 0 heterocycles. The van der Waals surface area contributed by atoms with Crippen molar-refractivity contribution in [2.24, 2.45) is 5.73 Å². The second kappa shape index (κ2) is 8.71. The second-order valence-electron chi connectivity index (χ2n) is 7.10. The minimum Gasteiger partial charge on any atom is -0.480 e. The lowest BCUT2D eigenvalue weighted by atomic mass is 9.97. The lowest BCUT2D eigenvalue weighted by Gasteiger charge is -2.31. The Bertz CT molecular complexity index is 807. The van der Waals surface area contributed by atoms with Gasteiger partial charge in [-0.15, -0.1) is 0 Å². The van der Waals surface area contributed by atoms with Gasteiger partial charge < -0.3 is 15.4 Å². The maximum absolute atomic E-state index is 13.3. The topological polar surface area (TPSA) is 72.6 Å². The number of ether oxygens (including phenoxy) is 1. The molecule has 0 unspecified atom stereocenters. The molecule has 0 saturated carbocycles. The summed E-state index contributed by atoms with van der Waals surface area (Å²) in [5, 5.41) is 0. The van der Waals surface area contributed by atoms with Crippen molar-refractivity contribution < 1.29 is 14.3 Å². The summed E-state index contributed by atoms with van der Waals surface area (Å²) in [5.41, 5.74) is 7.45. The van der Waals surface area contributed by atoms with Crippen LogP contribution < -0.4 is 10.5 Å². The van der Waals surface area contributed by atoms with E-state index < -0.39 is 12.0 Å². The number of nitrogens with zero attached hydrogens (tertiary/aromatic N) is 1. The fourth-order valence-electron chi connectivity index (χ4n) is 3.15. The maximum Gasteiger partial charge on any atom is 0.258 e. The van der Waals surface area contributed by atoms with Gasteiger partial charge in [0, 0.05) is 23.2 Å². The van der Waals surface area contributed by atoms with Gasteiger partial charge in [0.15, 0.2) is 6.10 Å². The molecule has 2 rings (SSSR count). The Morgan fingerprint density at radius 2 is 1.37 bits per heavy atom. The molecular formula is C22H28N2O3. The van der Waals surface area contributed by atoms with Gasteiger partial charge in [0.1, 0.15) is 5.75 Å². The molecule has 0 aliphatic carbocycles. The summed E-state index contributed by atoms with van der Waals surface area (Å²) in [6, 6.07) is 15.0. The first-order chi connectivity index (χ1) is 12.7. The van der Waals surface area contributed by atoms with Gasteiger partial charge in [-0.2, -0.15) is 0 Å². The van der Waals surface area contributed by atoms with Gasteiger partial charge in [-0.1, -0.05) is 36.4 Å². The summed E-state index contributed by atoms with van der Waals surface area (Å²) in [5.74, 6) is -0.0574. The molecule has 2 aromatic carbocycles. The third-order valence-electron chi connectivity index (χ3n) is 4.39. The highest BCUT2D eigenvalue weighted by atomic mass is 16.5. The van der Waals surface area contributed by atoms with Crippen LogP contribution in [-0.4, -0.2) is 34.9 Å². The molecule has 0 bridgehead atoms. The van der Waals surface area contributed by atoms with Gasteiger partial charge in [0.2, 0.25) is 0 Å². The van der Waals surface area contributed by atoms with Crippen LogP contribution in [0.25, 0.3) is 11.1 Å². The zero-order valence-corrected chi connectivity index (χ0v) is 16.6. The number of hydrogen-bond acceptors (Lipinski definition) is 3. The average molecular weight is 368 g/mol. The van der Waals surface area contributed by atoms with Gasteiger partial charge in [0.25, 0.3) is 11.8 Å². The van der Waals surface area contributed by atoms with Gasteiger partial charge in [-0.3, -0.25) is 9.59 Å². The van der Waals surface area contributed by atoms with E-state index in [4.69, 9.17) is 10.5 Å². The van der Waals surface area contributed by atoms with E-state index in [1.807, 2.05) is 75.1 Å². The molecule has 0 radical (unpaired) electrons. The Hall–Kier alpha value is -2.82. The third-order valence-corrected chi connectivity index (χ3v) is 4.39. The Kier molecular flexibility index (Phi) is 6.61. The third kappa shape index (κ3) is 4.67. The molecule has 2 amide bonds. The predicted molar refractivity (Wildman–Crippen MR) is 108 cm³/mol. The van der Waals surface area contributed by atoms with E-state index in [-0.39, 0.29) is 18.0 Å². The molecule has 2 N–H and O–H groups in total. The number of amides is 2. The van der Waals surface area contributed by atoms with Crippen LogP contribution in [0.5, 0.6) is 5.75 Å². The summed E-state index contributed by atoms with van der Waals surface area (Å²) in [6.07, 6.45) is -0.767. The SMILES string of the molecule is CC(C)N(C(=O)c1ccccc1-c1ccccc1O[C@H](C)C(N)=O)C(C)C. The number of primary amides is 1. The normalized spacial score (nSPS) is 12.1. The molecule has 0 aliphatic rings. The van der Waals surface area contributed by atoms with Crippen molar-refractivity contribution in [3.05, 3.63) is 54.1 Å². The fourth-order valence-corrected chi connectivity index (χ4v) is 3.15. The number of rotatable bonds is 7. The van der Waals surface area contributed by atoms with E-state index in [0.717, 1.165) is 11.1 Å². The summed E-state index contributed by atoms with van der Waals surface area (Å²) in [7, 11) is 0. The summed E-state index contributed by atoms with van der Waals surface area (Å²) >= 11 is 0. The Balaban J connectivity index is 2.53. The van der Waals surface area contributed by atoms with Crippen LogP contribution in [0.1, 0.15) is 45.0 Å². The van der Waals surface area contributed by atoms with Crippen molar-refractivity contribution in [1.29, 1.82) is 0 Å². The molecule has 2 aromatic rings. The molecular weight excluding hydrogens is 340 g/mol. The number of carbonyl (C=O) groups excluding carboxylic acids is 2. The molecule has 0 aliphatic heterocycles. The van der Waals surface area contributed by atoms with Gasteiger partial charge in [-0.25, -0.2) is 0 Å². The van der Waals surface area contributed by atoms with Crippen molar-refractivity contribution in [3.8, 4) is 16.9 Å². The summed E-state index contributed by atoms with van der Waals surface area (Å²) in [4.78, 5) is 26.5. The molecule has 1 atom stereocenters. The number of benzene rings is 2. The molecule has 0 aromatic heterocycles. The largest absolute Gasteiger partial charge is 0.480 e. The van der Waals surface area contributed by atoms with Crippen molar-refractivity contribution >= 4 is 11.8 Å². The van der Waals surface area contributed by atoms with Crippen LogP contribution in [0.15, 0.2) is 48.5 Å². The monoisotopic (exact) mass is 368 g/mol. The van der Waals surface area contributed by atoms with Crippen LogP contribution in [0.3, 0.4) is 0 Å². The van der Waals surface area contributed by atoms with Gasteiger partial charge >= 0.3 is 0 Å². The molecule has 144 valence electrons. The Morgan fingerprint density at radius 3 is 1.93 bits per heavy atom. The Labute approximate surface area is 161 Å². The van der Waals surface area contributed by atoms with E-state index in [1.165, 1.54) is 0 Å². The molecule has 5 nitrogen and oxygen atoms in total. The minimum atomic E-state index is -0.767. The van der Waals surface area contributed by atoms with E-state index in [1.54, 1.807) is 13.0 Å². The van der Waals surface area contributed by atoms with Crippen LogP contribution in [-0.2, 0) is 4.79 Å². The summed E-state index contributed by atoms with van der Waals surface area (Å²) < 4.78 is 5.75. The highest BCUT2D eigenvalue weighted by molar-refractivity contribution is 6.01. The predicted octanol–water partition coefficient (Wildman–Crippen LogP) is 3.87. The lowest BCUT2D eigenvalue weighted by Crippen LogP contribution is -2.42. The molecule has 0 saturated heterocycles. The van der Waals surface area contributed by atoms with Crippen molar-refractivity contribution in [2.75, 3.05) is 0 Å². The quantitative estimate of drug-likeness (QED) is 0.806. The van der Waals surface area contributed by atoms with Gasteiger partial charge in [-0.05, 0) is 52.3 Å². The highest BCUT2D eigenvalue weighted by Gasteiger charge is 2.25. The molecule has 5 heteroatoms. The van der Waals surface area contributed by atoms with E-state index in [0.29, 0.717) is 11.3 Å². The molecule has 27 heavy (non-hydrogen) atoms.